The van der Waals surface area contributed by atoms with E-state index in [-0.39, 0.29) is 18.7 Å². The first-order chi connectivity index (χ1) is 5.92. The molecule has 0 N–H and O–H groups in total. The minimum atomic E-state index is 0.0195. The summed E-state index contributed by atoms with van der Waals surface area (Å²) < 4.78 is 4.11. The summed E-state index contributed by atoms with van der Waals surface area (Å²) >= 11 is 0.0195. The Morgan fingerprint density at radius 3 is 1.92 bits per heavy atom. The van der Waals surface area contributed by atoms with Gasteiger partial charge in [-0.25, -0.2) is 0 Å². The molecule has 0 aromatic heterocycles. The van der Waals surface area contributed by atoms with Crippen LogP contribution in [-0.2, 0) is 18.7 Å². The third-order valence-corrected chi connectivity index (χ3v) is 5.81. The van der Waals surface area contributed by atoms with Crippen LogP contribution >= 0.6 is 0 Å². The van der Waals surface area contributed by atoms with E-state index in [0.717, 1.165) is 0 Å². The van der Waals surface area contributed by atoms with Crippen molar-refractivity contribution in [3.8, 4) is 0 Å². The van der Waals surface area contributed by atoms with Crippen molar-refractivity contribution < 1.29 is 18.7 Å². The summed E-state index contributed by atoms with van der Waals surface area (Å²) in [5.41, 5.74) is 5.03. The van der Waals surface area contributed by atoms with E-state index >= 15 is 0 Å². The number of hydrogen-bond donors (Lipinski definition) is 0. The molecule has 0 aliphatic heterocycles. The van der Waals surface area contributed by atoms with E-state index in [0.29, 0.717) is 5.41 Å². The Labute approximate surface area is 90.5 Å². The van der Waals surface area contributed by atoms with Crippen molar-refractivity contribution in [1.82, 2.24) is 0 Å². The van der Waals surface area contributed by atoms with Gasteiger partial charge in [0.1, 0.15) is 0 Å². The van der Waals surface area contributed by atoms with Crippen molar-refractivity contribution in [3.63, 3.8) is 0 Å². The Kier molecular flexibility index (Phi) is 3.14. The van der Waals surface area contributed by atoms with Crippen molar-refractivity contribution in [2.24, 2.45) is 5.41 Å². The first-order valence-corrected chi connectivity index (χ1v) is 6.55. The number of allylic oxidation sites excluding steroid dienone is 4. The number of hydrogen-bond acceptors (Lipinski definition) is 0. The molecule has 71 valence electrons. The summed E-state index contributed by atoms with van der Waals surface area (Å²) in [4.78, 5) is 0. The summed E-state index contributed by atoms with van der Waals surface area (Å²) in [5, 5.41) is 0. The van der Waals surface area contributed by atoms with Gasteiger partial charge in [-0.3, -0.25) is 0 Å². The molecule has 0 atom stereocenters. The van der Waals surface area contributed by atoms with Gasteiger partial charge in [-0.15, -0.1) is 0 Å². The van der Waals surface area contributed by atoms with Crippen LogP contribution in [0.2, 0.25) is 0 Å². The molecule has 0 amide bonds. The molecule has 1 aliphatic rings. The normalized spacial score (nSPS) is 21.7. The monoisotopic (exact) mass is 211 g/mol. The quantitative estimate of drug-likeness (QED) is 0.582. The molecule has 0 fully saturated rings. The fourth-order valence-corrected chi connectivity index (χ4v) is 3.96. The minimum absolute atomic E-state index is 0.0195. The van der Waals surface area contributed by atoms with E-state index in [1.807, 2.05) is 0 Å². The summed E-state index contributed by atoms with van der Waals surface area (Å²) in [5.74, 6) is 0. The molecule has 1 aliphatic carbocycles. The molecule has 0 aromatic rings. The molecule has 0 saturated heterocycles. The van der Waals surface area contributed by atoms with Crippen LogP contribution in [0.3, 0.4) is 0 Å². The van der Waals surface area contributed by atoms with Gasteiger partial charge in [-0.1, -0.05) is 0 Å². The van der Waals surface area contributed by atoms with Gasteiger partial charge in [0.05, 0.1) is 0 Å². The van der Waals surface area contributed by atoms with Gasteiger partial charge in [0, 0.05) is 0 Å². The van der Waals surface area contributed by atoms with Crippen LogP contribution in [0.15, 0.2) is 20.6 Å². The van der Waals surface area contributed by atoms with Crippen molar-refractivity contribution >= 4 is 4.31 Å². The maximum atomic E-state index is 2.38. The second-order valence-corrected chi connectivity index (χ2v) is 6.44. The van der Waals surface area contributed by atoms with Crippen LogP contribution in [0.25, 0.3) is 0 Å². The van der Waals surface area contributed by atoms with Crippen molar-refractivity contribution in [2.45, 2.75) is 41.5 Å². The topological polar surface area (TPSA) is 0 Å². The Balaban J connectivity index is 3.27. The standard InChI is InChI=1S/C10H15.C2H4.Ti/c1-7-6-10(4,5)9(3)8(7)2;1-2;/h1-5H3;1H,2H3;. The van der Waals surface area contributed by atoms with Crippen LogP contribution in [0.5, 0.6) is 0 Å². The summed E-state index contributed by atoms with van der Waals surface area (Å²) in [6, 6.07) is 0. The van der Waals surface area contributed by atoms with Gasteiger partial charge in [-0.2, -0.15) is 0 Å². The molecule has 0 bridgehead atoms. The zero-order valence-corrected chi connectivity index (χ0v) is 11.1. The molecular formula is C12H19Ti. The summed E-state index contributed by atoms with van der Waals surface area (Å²) in [6.07, 6.45) is 0. The average molecular weight is 211 g/mol. The van der Waals surface area contributed by atoms with E-state index < -0.39 is 0 Å². The third-order valence-electron chi connectivity index (χ3n) is 3.35. The molecule has 13 heavy (non-hydrogen) atoms. The Morgan fingerprint density at radius 2 is 1.62 bits per heavy atom. The van der Waals surface area contributed by atoms with E-state index in [1.165, 1.54) is 5.57 Å². The zero-order chi connectivity index (χ0) is 10.2. The Hall–Kier alpha value is 0.0643. The van der Waals surface area contributed by atoms with Crippen LogP contribution in [-0.4, -0.2) is 4.31 Å². The SMILES string of the molecule is C[CH]=[Ti][C]1=C(C)C(C)=C(C)C1(C)C. The third kappa shape index (κ3) is 1.67. The fourth-order valence-electron chi connectivity index (χ4n) is 2.03. The molecule has 0 heterocycles. The van der Waals surface area contributed by atoms with E-state index in [9.17, 15) is 0 Å². The van der Waals surface area contributed by atoms with Crippen molar-refractivity contribution in [3.05, 3.63) is 20.6 Å². The molecule has 0 radical (unpaired) electrons. The molecule has 1 heteroatoms. The van der Waals surface area contributed by atoms with Crippen molar-refractivity contribution in [2.75, 3.05) is 0 Å². The van der Waals surface area contributed by atoms with E-state index in [2.05, 4.69) is 45.9 Å². The molecule has 0 saturated carbocycles. The predicted octanol–water partition coefficient (Wildman–Crippen LogP) is 3.54. The predicted molar refractivity (Wildman–Crippen MR) is 56.6 cm³/mol. The second kappa shape index (κ2) is 3.67. The first-order valence-electron chi connectivity index (χ1n) is 4.87. The van der Waals surface area contributed by atoms with Gasteiger partial charge in [0.25, 0.3) is 0 Å². The maximum absolute atomic E-state index is 2.38. The van der Waals surface area contributed by atoms with E-state index in [4.69, 9.17) is 0 Å². The molecule has 0 nitrogen and oxygen atoms in total. The molecule has 0 spiro atoms. The van der Waals surface area contributed by atoms with Crippen LogP contribution in [0.4, 0.5) is 0 Å². The van der Waals surface area contributed by atoms with Gasteiger partial charge in [-0.05, 0) is 0 Å². The average Bonchev–Trinajstić information content (AvgIpc) is 2.20. The fraction of sp³-hybridized carbons (Fsp3) is 0.583. The van der Waals surface area contributed by atoms with Gasteiger partial charge < -0.3 is 0 Å². The first kappa shape index (κ1) is 11.1. The molecule has 1 rings (SSSR count). The zero-order valence-electron chi connectivity index (χ0n) is 9.58. The van der Waals surface area contributed by atoms with Gasteiger partial charge >= 0.3 is 90.6 Å². The van der Waals surface area contributed by atoms with Gasteiger partial charge in [0.15, 0.2) is 0 Å². The van der Waals surface area contributed by atoms with Gasteiger partial charge in [0.2, 0.25) is 0 Å². The summed E-state index contributed by atoms with van der Waals surface area (Å²) in [6.45, 7) is 13.8. The van der Waals surface area contributed by atoms with Crippen molar-refractivity contribution in [1.29, 1.82) is 0 Å². The molecule has 0 aromatic carbocycles. The number of rotatable bonds is 1. The van der Waals surface area contributed by atoms with E-state index in [1.54, 1.807) is 15.0 Å². The Bertz CT molecular complexity index is 314. The van der Waals surface area contributed by atoms with Crippen LogP contribution in [0.1, 0.15) is 41.5 Å². The van der Waals surface area contributed by atoms with Crippen LogP contribution in [0, 0.1) is 5.41 Å². The summed E-state index contributed by atoms with van der Waals surface area (Å²) in [7, 11) is 0. The molecular weight excluding hydrogens is 192 g/mol. The Morgan fingerprint density at radius 1 is 1.08 bits per heavy atom. The van der Waals surface area contributed by atoms with Crippen LogP contribution < -0.4 is 0 Å². The molecule has 0 unspecified atom stereocenters. The second-order valence-electron chi connectivity index (χ2n) is 4.31.